The average molecular weight is 582 g/mol. The number of aromatic carboxylic acids is 1. The van der Waals surface area contributed by atoms with E-state index in [-0.39, 0.29) is 41.9 Å². The molecule has 0 atom stereocenters. The summed E-state index contributed by atoms with van der Waals surface area (Å²) in [5.41, 5.74) is 0.345. The van der Waals surface area contributed by atoms with Crippen molar-refractivity contribution in [2.24, 2.45) is 5.16 Å². The van der Waals surface area contributed by atoms with Crippen LogP contribution in [-0.4, -0.2) is 78.7 Å². The maximum absolute atomic E-state index is 15.7. The SMILES string of the molecule is CCO/N=C1\C(=O)N(CN2CCN(c3c(F)cc4c(=O)c(C(=O)O)cn(C5CC5)c4c3OC)CC2)c2ccc(F)cc21. The van der Waals surface area contributed by atoms with Crippen molar-refractivity contribution >= 4 is 39.9 Å². The summed E-state index contributed by atoms with van der Waals surface area (Å²) < 4.78 is 37.1. The van der Waals surface area contributed by atoms with Gasteiger partial charge in [-0.25, -0.2) is 13.6 Å². The zero-order chi connectivity index (χ0) is 29.7. The fraction of sp³-hybridized carbons (Fsp3) is 0.379. The zero-order valence-corrected chi connectivity index (χ0v) is 23.1. The number of carboxylic acid groups (broad SMARTS) is 1. The average Bonchev–Trinajstić information content (AvgIpc) is 3.78. The van der Waals surface area contributed by atoms with Gasteiger partial charge in [0.2, 0.25) is 5.43 Å². The number of methoxy groups -OCH3 is 1. The molecule has 0 unspecified atom stereocenters. The van der Waals surface area contributed by atoms with Crippen LogP contribution in [0, 0.1) is 11.6 Å². The summed E-state index contributed by atoms with van der Waals surface area (Å²) in [5.74, 6) is -2.75. The van der Waals surface area contributed by atoms with Crippen molar-refractivity contribution in [1.82, 2.24) is 9.47 Å². The lowest BCUT2D eigenvalue weighted by molar-refractivity contribution is -0.112. The Balaban J connectivity index is 1.28. The molecular formula is C29H29F2N5O6. The van der Waals surface area contributed by atoms with E-state index in [1.54, 1.807) is 11.5 Å². The van der Waals surface area contributed by atoms with E-state index in [1.807, 2.05) is 9.80 Å². The molecule has 1 aliphatic carbocycles. The molecule has 2 aliphatic heterocycles. The van der Waals surface area contributed by atoms with Crippen LogP contribution in [0.4, 0.5) is 20.2 Å². The molecule has 6 rings (SSSR count). The van der Waals surface area contributed by atoms with Gasteiger partial charge in [0.15, 0.2) is 17.3 Å². The number of fused-ring (bicyclic) bond motifs is 2. The van der Waals surface area contributed by atoms with Gasteiger partial charge in [-0.15, -0.1) is 0 Å². The van der Waals surface area contributed by atoms with Crippen molar-refractivity contribution in [3.05, 3.63) is 63.4 Å². The van der Waals surface area contributed by atoms with Gasteiger partial charge in [-0.05, 0) is 44.0 Å². The summed E-state index contributed by atoms with van der Waals surface area (Å²) in [6, 6.07) is 5.19. The molecule has 3 aromatic rings. The van der Waals surface area contributed by atoms with E-state index in [4.69, 9.17) is 9.57 Å². The van der Waals surface area contributed by atoms with Crippen LogP contribution in [0.1, 0.15) is 41.7 Å². The maximum Gasteiger partial charge on any atom is 0.341 e. The number of piperazine rings is 1. The van der Waals surface area contributed by atoms with Crippen LogP contribution in [0.25, 0.3) is 10.9 Å². The number of anilines is 2. The lowest BCUT2D eigenvalue weighted by atomic mass is 10.1. The minimum atomic E-state index is -1.36. The highest BCUT2D eigenvalue weighted by Gasteiger charge is 2.37. The van der Waals surface area contributed by atoms with Crippen LogP contribution in [0.15, 0.2) is 40.4 Å². The molecule has 3 aliphatic rings. The van der Waals surface area contributed by atoms with Crippen molar-refractivity contribution in [1.29, 1.82) is 0 Å². The summed E-state index contributed by atoms with van der Waals surface area (Å²) >= 11 is 0. The molecule has 13 heteroatoms. The molecule has 1 aromatic heterocycles. The number of carboxylic acids is 1. The smallest absolute Gasteiger partial charge is 0.341 e. The van der Waals surface area contributed by atoms with Gasteiger partial charge >= 0.3 is 5.97 Å². The molecule has 11 nitrogen and oxygen atoms in total. The number of aromatic nitrogens is 1. The number of oxime groups is 1. The largest absolute Gasteiger partial charge is 0.492 e. The van der Waals surface area contributed by atoms with Crippen molar-refractivity contribution in [3.63, 3.8) is 0 Å². The second-order valence-electron chi connectivity index (χ2n) is 10.5. The standard InChI is InChI=1S/C29H29F2N5O6/c1-3-42-32-23-18-12-16(30)4-7-22(18)36(28(23)38)15-33-8-10-34(11-9-33)25-21(31)13-19-24(27(25)41-2)35(17-5-6-17)14-20(26(19)37)29(39)40/h4,7,12-14,17H,3,5-6,8-11,15H2,1-2H3,(H,39,40)/b32-23-. The second kappa shape index (κ2) is 10.7. The number of halogens is 2. The first-order valence-electron chi connectivity index (χ1n) is 13.7. The maximum atomic E-state index is 15.7. The number of ether oxygens (including phenoxy) is 1. The van der Waals surface area contributed by atoms with Crippen LogP contribution >= 0.6 is 0 Å². The van der Waals surface area contributed by atoms with Gasteiger partial charge in [-0.2, -0.15) is 0 Å². The predicted octanol–water partition coefficient (Wildman–Crippen LogP) is 3.19. The Morgan fingerprint density at radius 1 is 1.12 bits per heavy atom. The number of benzene rings is 2. The molecular weight excluding hydrogens is 552 g/mol. The first-order valence-corrected chi connectivity index (χ1v) is 13.7. The van der Waals surface area contributed by atoms with E-state index >= 15 is 4.39 Å². The lowest BCUT2D eigenvalue weighted by Gasteiger charge is -2.38. The van der Waals surface area contributed by atoms with Crippen molar-refractivity contribution in [2.75, 3.05) is 56.4 Å². The predicted molar refractivity (Wildman–Crippen MR) is 151 cm³/mol. The molecule has 1 saturated heterocycles. The van der Waals surface area contributed by atoms with E-state index in [0.29, 0.717) is 42.9 Å². The van der Waals surface area contributed by atoms with Crippen LogP contribution in [0.5, 0.6) is 5.75 Å². The first kappa shape index (κ1) is 27.6. The Labute approximate surface area is 239 Å². The zero-order valence-electron chi connectivity index (χ0n) is 23.1. The molecule has 3 heterocycles. The number of nitrogens with zero attached hydrogens (tertiary/aromatic N) is 5. The molecule has 0 bridgehead atoms. The number of hydrogen-bond donors (Lipinski definition) is 1. The Hall–Kier alpha value is -4.52. The summed E-state index contributed by atoms with van der Waals surface area (Å²) in [6.07, 6.45) is 2.95. The first-order chi connectivity index (χ1) is 20.2. The van der Waals surface area contributed by atoms with Gasteiger partial charge in [-0.1, -0.05) is 5.16 Å². The molecule has 0 spiro atoms. The van der Waals surface area contributed by atoms with Crippen LogP contribution in [0.2, 0.25) is 0 Å². The Morgan fingerprint density at radius 2 is 1.86 bits per heavy atom. The number of pyridine rings is 1. The number of carbonyl (C=O) groups is 2. The van der Waals surface area contributed by atoms with Crippen LogP contribution in [-0.2, 0) is 9.63 Å². The van der Waals surface area contributed by atoms with E-state index < -0.39 is 34.5 Å². The Bertz CT molecular complexity index is 1690. The van der Waals surface area contributed by atoms with Crippen LogP contribution < -0.4 is 20.0 Å². The van der Waals surface area contributed by atoms with Gasteiger partial charge in [0, 0.05) is 44.0 Å². The van der Waals surface area contributed by atoms with E-state index in [2.05, 4.69) is 5.16 Å². The Morgan fingerprint density at radius 3 is 2.50 bits per heavy atom. The highest BCUT2D eigenvalue weighted by molar-refractivity contribution is 6.54. The fourth-order valence-electron chi connectivity index (χ4n) is 5.68. The topological polar surface area (TPSA) is 117 Å². The molecule has 2 fully saturated rings. The fourth-order valence-corrected chi connectivity index (χ4v) is 5.68. The second-order valence-corrected chi connectivity index (χ2v) is 10.5. The van der Waals surface area contributed by atoms with E-state index in [9.17, 15) is 23.9 Å². The van der Waals surface area contributed by atoms with Gasteiger partial charge in [0.1, 0.15) is 23.7 Å². The summed E-state index contributed by atoms with van der Waals surface area (Å²) in [6.45, 7) is 3.91. The van der Waals surface area contributed by atoms with Crippen LogP contribution in [0.3, 0.4) is 0 Å². The van der Waals surface area contributed by atoms with Gasteiger partial charge in [0.05, 0.1) is 30.4 Å². The Kier molecular flexibility index (Phi) is 7.05. The number of hydrogen-bond acceptors (Lipinski definition) is 8. The minimum Gasteiger partial charge on any atom is -0.492 e. The summed E-state index contributed by atoms with van der Waals surface area (Å²) in [7, 11) is 1.40. The summed E-state index contributed by atoms with van der Waals surface area (Å²) in [5, 5.41) is 13.4. The lowest BCUT2D eigenvalue weighted by Crippen LogP contribution is -2.51. The van der Waals surface area contributed by atoms with Gasteiger partial charge in [-0.3, -0.25) is 19.4 Å². The van der Waals surface area contributed by atoms with Gasteiger partial charge in [0.25, 0.3) is 5.91 Å². The van der Waals surface area contributed by atoms with Crippen molar-refractivity contribution in [3.8, 4) is 5.75 Å². The number of carbonyl (C=O) groups excluding carboxylic acids is 1. The van der Waals surface area contributed by atoms with Crippen molar-refractivity contribution < 1.29 is 33.1 Å². The van der Waals surface area contributed by atoms with E-state index in [1.165, 1.54) is 36.4 Å². The van der Waals surface area contributed by atoms with E-state index in [0.717, 1.165) is 18.9 Å². The molecule has 0 radical (unpaired) electrons. The molecule has 1 saturated carbocycles. The molecule has 1 N–H and O–H groups in total. The monoisotopic (exact) mass is 581 g/mol. The van der Waals surface area contributed by atoms with Gasteiger partial charge < -0.3 is 24.1 Å². The van der Waals surface area contributed by atoms with Crippen molar-refractivity contribution in [2.45, 2.75) is 25.8 Å². The molecule has 220 valence electrons. The number of amides is 1. The highest BCUT2D eigenvalue weighted by atomic mass is 19.1. The quantitative estimate of drug-likeness (QED) is 0.404. The summed E-state index contributed by atoms with van der Waals surface area (Å²) in [4.78, 5) is 48.4. The molecule has 1 amide bonds. The molecule has 42 heavy (non-hydrogen) atoms. The minimum absolute atomic E-state index is 0.000709. The highest BCUT2D eigenvalue weighted by Crippen LogP contribution is 2.44. The normalized spacial score (nSPS) is 18.2. The molecule has 2 aromatic carbocycles. The third kappa shape index (κ3) is 4.63. The third-order valence-corrected chi connectivity index (χ3v) is 7.84. The third-order valence-electron chi connectivity index (χ3n) is 7.84. The number of rotatable bonds is 8.